The highest BCUT2D eigenvalue weighted by molar-refractivity contribution is 6.03. The van der Waals surface area contributed by atoms with Crippen LogP contribution in [-0.2, 0) is 4.84 Å². The van der Waals surface area contributed by atoms with Crippen molar-refractivity contribution in [3.05, 3.63) is 83.0 Å². The highest BCUT2D eigenvalue weighted by Crippen LogP contribution is 2.35. The van der Waals surface area contributed by atoms with Gasteiger partial charge in [-0.25, -0.2) is 13.8 Å². The minimum Gasteiger partial charge on any atom is -0.495 e. The van der Waals surface area contributed by atoms with E-state index in [0.29, 0.717) is 5.56 Å². The van der Waals surface area contributed by atoms with E-state index in [4.69, 9.17) is 9.57 Å². The van der Waals surface area contributed by atoms with Gasteiger partial charge in [-0.05, 0) is 68.2 Å². The number of amidine groups is 1. The first-order valence-corrected chi connectivity index (χ1v) is 11.3. The van der Waals surface area contributed by atoms with Crippen LogP contribution in [0.1, 0.15) is 42.7 Å². The number of aromatic nitrogens is 2. The van der Waals surface area contributed by atoms with Crippen molar-refractivity contribution >= 4 is 11.9 Å². The lowest BCUT2D eigenvalue weighted by Gasteiger charge is -2.42. The van der Waals surface area contributed by atoms with E-state index in [1.54, 1.807) is 13.4 Å². The zero-order valence-electron chi connectivity index (χ0n) is 19.3. The number of methoxy groups -OCH3 is 1. The molecule has 3 heterocycles. The fraction of sp³-hybridized carbons (Fsp3) is 0.308. The van der Waals surface area contributed by atoms with Gasteiger partial charge in [-0.3, -0.25) is 0 Å². The van der Waals surface area contributed by atoms with Crippen LogP contribution in [-0.4, -0.2) is 40.0 Å². The van der Waals surface area contributed by atoms with E-state index >= 15 is 0 Å². The molecule has 0 amide bonds. The van der Waals surface area contributed by atoms with E-state index in [-0.39, 0.29) is 6.04 Å². The molecule has 2 aliphatic heterocycles. The normalized spacial score (nSPS) is 21.1. The molecule has 0 spiro atoms. The van der Waals surface area contributed by atoms with Gasteiger partial charge in [0.05, 0.1) is 30.9 Å². The van der Waals surface area contributed by atoms with Gasteiger partial charge in [0.1, 0.15) is 17.4 Å². The Kier molecular flexibility index (Phi) is 5.81. The van der Waals surface area contributed by atoms with Crippen LogP contribution < -0.4 is 4.74 Å². The second-order valence-electron chi connectivity index (χ2n) is 8.70. The molecule has 1 fully saturated rings. The summed E-state index contributed by atoms with van der Waals surface area (Å²) in [6.45, 7) is 4.74. The van der Waals surface area contributed by atoms with Gasteiger partial charge in [0.25, 0.3) is 0 Å². The summed E-state index contributed by atoms with van der Waals surface area (Å²) in [5, 5.41) is 4.39. The third-order valence-corrected chi connectivity index (χ3v) is 6.33. The molecule has 0 saturated carbocycles. The first-order valence-electron chi connectivity index (χ1n) is 11.3. The molecule has 0 aliphatic carbocycles. The summed E-state index contributed by atoms with van der Waals surface area (Å²) < 4.78 is 35.1. The van der Waals surface area contributed by atoms with Crippen molar-refractivity contribution in [3.63, 3.8) is 0 Å². The van der Waals surface area contributed by atoms with Crippen LogP contribution in [0.3, 0.4) is 0 Å². The van der Waals surface area contributed by atoms with E-state index in [0.717, 1.165) is 59.6 Å². The number of hydrogen-bond acceptors (Lipinski definition) is 5. The summed E-state index contributed by atoms with van der Waals surface area (Å²) in [6, 6.07) is 9.37. The van der Waals surface area contributed by atoms with Crippen LogP contribution >= 0.6 is 0 Å². The summed E-state index contributed by atoms with van der Waals surface area (Å²) in [6.07, 6.45) is 7.06. The molecule has 0 radical (unpaired) electrons. The largest absolute Gasteiger partial charge is 0.495 e. The van der Waals surface area contributed by atoms with Crippen LogP contribution in [0.5, 0.6) is 5.75 Å². The molecule has 0 unspecified atom stereocenters. The van der Waals surface area contributed by atoms with E-state index in [1.165, 1.54) is 12.1 Å². The third-order valence-electron chi connectivity index (χ3n) is 6.33. The maximum atomic E-state index is 13.8. The Morgan fingerprint density at radius 1 is 1.15 bits per heavy atom. The van der Waals surface area contributed by atoms with Gasteiger partial charge < -0.3 is 19.0 Å². The van der Waals surface area contributed by atoms with Crippen LogP contribution in [0.15, 0.2) is 59.7 Å². The van der Waals surface area contributed by atoms with Gasteiger partial charge in [0, 0.05) is 24.4 Å². The van der Waals surface area contributed by atoms with Gasteiger partial charge in [0.15, 0.2) is 11.9 Å². The predicted octanol–water partition coefficient (Wildman–Crippen LogP) is 5.42. The molecule has 3 aromatic rings. The van der Waals surface area contributed by atoms with Crippen LogP contribution in [0.4, 0.5) is 8.78 Å². The summed E-state index contributed by atoms with van der Waals surface area (Å²) >= 11 is 0. The number of imidazole rings is 1. The fourth-order valence-electron chi connectivity index (χ4n) is 4.67. The number of rotatable bonds is 4. The molecule has 2 atom stereocenters. The minimum absolute atomic E-state index is 0.126. The van der Waals surface area contributed by atoms with Gasteiger partial charge in [0.2, 0.25) is 0 Å². The Bertz CT molecular complexity index is 1260. The molecule has 2 aliphatic rings. The molecule has 34 heavy (non-hydrogen) atoms. The third kappa shape index (κ3) is 4.16. The molecule has 1 saturated heterocycles. The van der Waals surface area contributed by atoms with Crippen molar-refractivity contribution in [1.29, 1.82) is 0 Å². The molecule has 5 rings (SSSR count). The van der Waals surface area contributed by atoms with E-state index in [2.05, 4.69) is 21.1 Å². The van der Waals surface area contributed by atoms with Crippen molar-refractivity contribution in [2.45, 2.75) is 38.8 Å². The Morgan fingerprint density at radius 2 is 1.94 bits per heavy atom. The van der Waals surface area contributed by atoms with Crippen LogP contribution in [0.25, 0.3) is 11.8 Å². The Morgan fingerprint density at radius 3 is 2.65 bits per heavy atom. The molecule has 2 aromatic carbocycles. The number of benzene rings is 2. The number of nitrogens with zero attached hydrogens (tertiary/aromatic N) is 4. The van der Waals surface area contributed by atoms with Crippen molar-refractivity contribution in [2.75, 3.05) is 13.7 Å². The van der Waals surface area contributed by atoms with E-state index in [1.807, 2.05) is 42.8 Å². The molecule has 1 aromatic heterocycles. The number of oxime groups is 1. The number of hydrogen-bond donors (Lipinski definition) is 0. The lowest BCUT2D eigenvalue weighted by atomic mass is 9.95. The monoisotopic (exact) mass is 464 g/mol. The first-order chi connectivity index (χ1) is 16.4. The topological polar surface area (TPSA) is 51.9 Å². The fourth-order valence-corrected chi connectivity index (χ4v) is 4.67. The predicted molar refractivity (Wildman–Crippen MR) is 126 cm³/mol. The minimum atomic E-state index is -0.622. The van der Waals surface area contributed by atoms with Gasteiger partial charge in [-0.15, -0.1) is 0 Å². The molecule has 6 nitrogen and oxygen atoms in total. The lowest BCUT2D eigenvalue weighted by molar-refractivity contribution is -0.0158. The van der Waals surface area contributed by atoms with Gasteiger partial charge in [-0.1, -0.05) is 11.2 Å². The highest BCUT2D eigenvalue weighted by atomic mass is 19.1. The molecule has 176 valence electrons. The average molecular weight is 465 g/mol. The number of aryl methyl sites for hydroxylation is 1. The average Bonchev–Trinajstić information content (AvgIpc) is 3.25. The van der Waals surface area contributed by atoms with Crippen molar-refractivity contribution in [3.8, 4) is 11.4 Å². The Hall–Kier alpha value is -3.68. The summed E-state index contributed by atoms with van der Waals surface area (Å²) in [4.78, 5) is 12.2. The van der Waals surface area contributed by atoms with E-state index < -0.39 is 17.7 Å². The maximum absolute atomic E-state index is 13.8. The van der Waals surface area contributed by atoms with Crippen LogP contribution in [0.2, 0.25) is 0 Å². The quantitative estimate of drug-likeness (QED) is 0.517. The Labute approximate surface area is 197 Å². The zero-order valence-corrected chi connectivity index (χ0v) is 19.3. The van der Waals surface area contributed by atoms with Crippen molar-refractivity contribution < 1.29 is 18.4 Å². The maximum Gasteiger partial charge on any atom is 0.172 e. The Balaban J connectivity index is 1.45. The highest BCUT2D eigenvalue weighted by Gasteiger charge is 2.37. The van der Waals surface area contributed by atoms with Gasteiger partial charge in [-0.2, -0.15) is 0 Å². The second-order valence-corrected chi connectivity index (χ2v) is 8.70. The molecular formula is C26H26F2N4O2. The summed E-state index contributed by atoms with van der Waals surface area (Å²) in [5.74, 6) is 0.258. The lowest BCUT2D eigenvalue weighted by Crippen LogP contribution is -2.49. The summed E-state index contributed by atoms with van der Waals surface area (Å²) in [5.41, 5.74) is 4.32. The molecular weight excluding hydrogens is 438 g/mol. The number of fused-ring (bicyclic) bond motifs is 1. The van der Waals surface area contributed by atoms with Crippen LogP contribution in [0, 0.1) is 18.6 Å². The number of piperidine rings is 1. The molecule has 8 heteroatoms. The smallest absolute Gasteiger partial charge is 0.172 e. The SMILES string of the molecule is COc1cc(C=C2CCCN3C2=NO[C@H](c2cc(F)cc(F)c2)[C@@H]3C)ccc1-n1cnc(C)c1. The second kappa shape index (κ2) is 8.93. The molecule has 0 N–H and O–H groups in total. The van der Waals surface area contributed by atoms with Crippen molar-refractivity contribution in [1.82, 2.24) is 14.5 Å². The molecule has 0 bridgehead atoms. The van der Waals surface area contributed by atoms with E-state index in [9.17, 15) is 8.78 Å². The number of halogens is 2. The van der Waals surface area contributed by atoms with Gasteiger partial charge >= 0.3 is 0 Å². The first kappa shape index (κ1) is 22.1. The van der Waals surface area contributed by atoms with Crippen molar-refractivity contribution in [2.24, 2.45) is 5.16 Å². The number of ether oxygens (including phenoxy) is 1. The summed E-state index contributed by atoms with van der Waals surface area (Å²) in [7, 11) is 1.65. The standard InChI is InChI=1S/C26H26F2N4O2/c1-16-14-31(15-29-16)23-7-6-18(10-24(23)33-3)9-19-5-4-8-32-17(2)25(34-30-26(19)32)20-11-21(27)13-22(28)12-20/h6-7,9-15,17,25H,4-5,8H2,1-3H3/t17-,25-/m0/s1. The zero-order chi connectivity index (χ0) is 23.8.